The number of amides is 2. The van der Waals surface area contributed by atoms with Gasteiger partial charge in [-0.2, -0.15) is 0 Å². The van der Waals surface area contributed by atoms with Gasteiger partial charge in [0.2, 0.25) is 11.8 Å². The first-order valence-corrected chi connectivity index (χ1v) is 11.1. The van der Waals surface area contributed by atoms with E-state index in [1.54, 1.807) is 6.08 Å². The lowest BCUT2D eigenvalue weighted by atomic mass is 9.48. The minimum Gasteiger partial charge on any atom is -0.349 e. The number of halogens is 2. The van der Waals surface area contributed by atoms with E-state index in [2.05, 4.69) is 30.6 Å². The topological polar surface area (TPSA) is 58.2 Å². The summed E-state index contributed by atoms with van der Waals surface area (Å²) < 4.78 is 26.6. The van der Waals surface area contributed by atoms with E-state index in [9.17, 15) is 18.4 Å². The molecule has 1 aliphatic heterocycles. The van der Waals surface area contributed by atoms with Crippen LogP contribution in [0.1, 0.15) is 59.3 Å². The highest BCUT2D eigenvalue weighted by molar-refractivity contribution is 5.89. The largest absolute Gasteiger partial charge is 0.349 e. The lowest BCUT2D eigenvalue weighted by molar-refractivity contribution is -0.136. The summed E-state index contributed by atoms with van der Waals surface area (Å²) in [5.41, 5.74) is -1.57. The third-order valence-corrected chi connectivity index (χ3v) is 9.02. The van der Waals surface area contributed by atoms with Gasteiger partial charge in [-0.3, -0.25) is 9.59 Å². The summed E-state index contributed by atoms with van der Waals surface area (Å²) in [6.45, 7) is 4.14. The molecular formula is C23H34F2N2O2. The zero-order chi connectivity index (χ0) is 21.0. The van der Waals surface area contributed by atoms with Crippen LogP contribution in [-0.2, 0) is 9.59 Å². The molecule has 7 atom stereocenters. The maximum absolute atomic E-state index is 13.3. The summed E-state index contributed by atoms with van der Waals surface area (Å²) >= 11 is 0. The molecule has 0 spiro atoms. The van der Waals surface area contributed by atoms with E-state index in [0.29, 0.717) is 17.8 Å². The fraction of sp³-hybridized carbons (Fsp3) is 0.826. The molecule has 1 heterocycles. The Morgan fingerprint density at radius 1 is 1.17 bits per heavy atom. The van der Waals surface area contributed by atoms with Crippen molar-refractivity contribution in [1.29, 1.82) is 0 Å². The number of alkyl halides is 2. The number of carbonyl (C=O) groups excluding carboxylic acids is 2. The van der Waals surface area contributed by atoms with E-state index in [0.717, 1.165) is 38.5 Å². The first-order chi connectivity index (χ1) is 13.7. The van der Waals surface area contributed by atoms with E-state index >= 15 is 0 Å². The summed E-state index contributed by atoms with van der Waals surface area (Å²) in [6, 6.07) is 0.195. The van der Waals surface area contributed by atoms with Gasteiger partial charge < -0.3 is 10.6 Å². The quantitative estimate of drug-likeness (QED) is 0.745. The Hall–Kier alpha value is -1.46. The molecule has 0 radical (unpaired) electrons. The van der Waals surface area contributed by atoms with Crippen LogP contribution in [0.3, 0.4) is 0 Å². The summed E-state index contributed by atoms with van der Waals surface area (Å²) in [5, 5.41) is 5.84. The highest BCUT2D eigenvalue weighted by Gasteiger charge is 2.61. The Morgan fingerprint density at radius 3 is 2.59 bits per heavy atom. The van der Waals surface area contributed by atoms with Gasteiger partial charge in [-0.05, 0) is 74.7 Å². The molecule has 2 amide bonds. The van der Waals surface area contributed by atoms with Gasteiger partial charge in [0.25, 0.3) is 0 Å². The fourth-order valence-electron chi connectivity index (χ4n) is 7.25. The molecule has 6 heteroatoms. The maximum atomic E-state index is 13.3. The summed E-state index contributed by atoms with van der Waals surface area (Å²) in [6.07, 6.45) is 9.61. The van der Waals surface area contributed by atoms with Crippen LogP contribution in [0.2, 0.25) is 0 Å². The molecule has 4 nitrogen and oxygen atoms in total. The Morgan fingerprint density at radius 2 is 1.90 bits per heavy atom. The predicted octanol–water partition coefficient (Wildman–Crippen LogP) is 3.71. The Bertz CT molecular complexity index is 722. The van der Waals surface area contributed by atoms with Crippen molar-refractivity contribution in [2.45, 2.75) is 70.9 Å². The second-order valence-corrected chi connectivity index (χ2v) is 10.7. The molecule has 3 aliphatic carbocycles. The van der Waals surface area contributed by atoms with Crippen molar-refractivity contribution in [1.82, 2.24) is 10.6 Å². The molecule has 0 aromatic carbocycles. The van der Waals surface area contributed by atoms with Crippen LogP contribution < -0.4 is 10.6 Å². The van der Waals surface area contributed by atoms with E-state index < -0.39 is 18.9 Å². The van der Waals surface area contributed by atoms with Crippen LogP contribution in [0.15, 0.2) is 12.2 Å². The smallest absolute Gasteiger partial charge is 0.243 e. The van der Waals surface area contributed by atoms with Gasteiger partial charge in [0.05, 0.1) is 5.54 Å². The van der Waals surface area contributed by atoms with Crippen molar-refractivity contribution in [2.24, 2.45) is 34.5 Å². The standard InChI is InChI=1S/C23H34F2N2O2/c1-21(12-24,13-25)27-20(29)17-6-5-15-14-4-7-18-23(3,11-9-19(28)26-18)16(14)8-10-22(15,17)2/h9,11,14-18H,4-8,10,12-13H2,1-3H3,(H,26,28)(H,27,29)/t14-,15-,16-,17+,18+,22-,23+/m0/s1. The van der Waals surface area contributed by atoms with E-state index in [1.807, 2.05) is 0 Å². The Kier molecular flexibility index (Phi) is 5.06. The molecule has 4 aliphatic rings. The predicted molar refractivity (Wildman–Crippen MR) is 107 cm³/mol. The number of nitrogens with one attached hydrogen (secondary N) is 2. The first-order valence-electron chi connectivity index (χ1n) is 11.1. The van der Waals surface area contributed by atoms with E-state index in [4.69, 9.17) is 0 Å². The van der Waals surface area contributed by atoms with Gasteiger partial charge in [-0.25, -0.2) is 8.78 Å². The third-order valence-electron chi connectivity index (χ3n) is 9.02. The number of carbonyl (C=O) groups is 2. The second kappa shape index (κ2) is 7.05. The number of rotatable bonds is 4. The average Bonchev–Trinajstić information content (AvgIpc) is 3.05. The zero-order valence-electron chi connectivity index (χ0n) is 17.8. The first kappa shape index (κ1) is 20.8. The highest BCUT2D eigenvalue weighted by atomic mass is 19.1. The minimum absolute atomic E-state index is 0.00736. The maximum Gasteiger partial charge on any atom is 0.243 e. The summed E-state index contributed by atoms with van der Waals surface area (Å²) in [4.78, 5) is 24.9. The molecule has 0 aromatic rings. The summed E-state index contributed by atoms with van der Waals surface area (Å²) in [7, 11) is 0. The van der Waals surface area contributed by atoms with E-state index in [1.165, 1.54) is 6.92 Å². The number of hydrogen-bond donors (Lipinski definition) is 2. The van der Waals surface area contributed by atoms with Crippen molar-refractivity contribution in [3.63, 3.8) is 0 Å². The molecule has 29 heavy (non-hydrogen) atoms. The molecule has 0 aromatic heterocycles. The highest BCUT2D eigenvalue weighted by Crippen LogP contribution is 2.65. The second-order valence-electron chi connectivity index (χ2n) is 10.7. The van der Waals surface area contributed by atoms with Crippen molar-refractivity contribution in [3.8, 4) is 0 Å². The molecule has 3 fully saturated rings. The molecule has 0 saturated heterocycles. The van der Waals surface area contributed by atoms with Crippen molar-refractivity contribution >= 4 is 11.8 Å². The number of fused-ring (bicyclic) bond motifs is 5. The Labute approximate surface area is 172 Å². The monoisotopic (exact) mass is 408 g/mol. The molecule has 4 rings (SSSR count). The van der Waals surface area contributed by atoms with Crippen LogP contribution in [-0.4, -0.2) is 36.7 Å². The van der Waals surface area contributed by atoms with Crippen LogP contribution >= 0.6 is 0 Å². The molecule has 162 valence electrons. The van der Waals surface area contributed by atoms with Crippen molar-refractivity contribution < 1.29 is 18.4 Å². The van der Waals surface area contributed by atoms with Crippen molar-refractivity contribution in [2.75, 3.05) is 13.3 Å². The molecule has 0 unspecified atom stereocenters. The van der Waals surface area contributed by atoms with Gasteiger partial charge in [0.15, 0.2) is 0 Å². The molecule has 0 bridgehead atoms. The lowest BCUT2D eigenvalue weighted by Gasteiger charge is -2.58. The van der Waals surface area contributed by atoms with Crippen LogP contribution in [0.4, 0.5) is 8.78 Å². The van der Waals surface area contributed by atoms with Gasteiger partial charge in [0.1, 0.15) is 13.3 Å². The normalized spacial score (nSPS) is 43.8. The summed E-state index contributed by atoms with van der Waals surface area (Å²) in [5.74, 6) is 1.12. The van der Waals surface area contributed by atoms with Gasteiger partial charge in [0, 0.05) is 17.4 Å². The van der Waals surface area contributed by atoms with Crippen LogP contribution in [0.25, 0.3) is 0 Å². The Balaban J connectivity index is 1.55. The molecule has 2 N–H and O–H groups in total. The van der Waals surface area contributed by atoms with Gasteiger partial charge in [-0.15, -0.1) is 0 Å². The zero-order valence-corrected chi connectivity index (χ0v) is 17.8. The van der Waals surface area contributed by atoms with E-state index in [-0.39, 0.29) is 34.6 Å². The number of hydrogen-bond acceptors (Lipinski definition) is 2. The average molecular weight is 409 g/mol. The van der Waals surface area contributed by atoms with Gasteiger partial charge in [-0.1, -0.05) is 19.9 Å². The van der Waals surface area contributed by atoms with Crippen molar-refractivity contribution in [3.05, 3.63) is 12.2 Å². The molecular weight excluding hydrogens is 374 g/mol. The minimum atomic E-state index is -1.42. The SMILES string of the molecule is CC(CF)(CF)NC(=O)[C@H]1CC[C@H]2[C@@H]3CC[C@H]4NC(=O)C=C[C@]4(C)[C@H]3CC[C@]12C. The molecule has 3 saturated carbocycles. The van der Waals surface area contributed by atoms with Gasteiger partial charge >= 0.3 is 0 Å². The third kappa shape index (κ3) is 3.12. The van der Waals surface area contributed by atoms with Crippen LogP contribution in [0.5, 0.6) is 0 Å². The van der Waals surface area contributed by atoms with Crippen LogP contribution in [0, 0.1) is 34.5 Å². The fourth-order valence-corrected chi connectivity index (χ4v) is 7.25. The lowest BCUT2D eigenvalue weighted by Crippen LogP contribution is -2.60.